The molecule has 24 heavy (non-hydrogen) atoms. The summed E-state index contributed by atoms with van der Waals surface area (Å²) in [7, 11) is 0. The van der Waals surface area contributed by atoms with Crippen molar-refractivity contribution in [3.63, 3.8) is 0 Å². The van der Waals surface area contributed by atoms with Crippen molar-refractivity contribution in [2.75, 3.05) is 39.5 Å². The van der Waals surface area contributed by atoms with Crippen LogP contribution in [0.3, 0.4) is 0 Å². The van der Waals surface area contributed by atoms with Gasteiger partial charge in [0.1, 0.15) is 0 Å². The maximum absolute atomic E-state index is 9.61. The molecule has 5 heteroatoms. The van der Waals surface area contributed by atoms with Gasteiger partial charge in [0.15, 0.2) is 5.96 Å². The smallest absolute Gasteiger partial charge is 0.191 e. The number of aliphatic imine (C=N–C) groups is 1. The summed E-state index contributed by atoms with van der Waals surface area (Å²) in [6.07, 6.45) is 0.944. The predicted molar refractivity (Wildman–Crippen MR) is 101 cm³/mol. The van der Waals surface area contributed by atoms with Gasteiger partial charge in [-0.1, -0.05) is 44.2 Å². The lowest BCUT2D eigenvalue weighted by Crippen LogP contribution is -2.38. The topological polar surface area (TPSA) is 65.9 Å². The van der Waals surface area contributed by atoms with Crippen LogP contribution in [0.2, 0.25) is 0 Å². The number of aliphatic hydroxyl groups excluding tert-OH is 1. The third kappa shape index (κ3) is 8.89. The minimum Gasteiger partial charge on any atom is -0.396 e. The van der Waals surface area contributed by atoms with Gasteiger partial charge in [0.05, 0.1) is 13.2 Å². The summed E-state index contributed by atoms with van der Waals surface area (Å²) < 4.78 is 5.58. The largest absolute Gasteiger partial charge is 0.396 e. The van der Waals surface area contributed by atoms with E-state index >= 15 is 0 Å². The quantitative estimate of drug-likeness (QED) is 0.330. The van der Waals surface area contributed by atoms with Gasteiger partial charge in [-0.3, -0.25) is 4.99 Å². The Hall–Kier alpha value is -1.59. The number of hydrogen-bond donors (Lipinski definition) is 3. The lowest BCUT2D eigenvalue weighted by Gasteiger charge is -2.15. The second kappa shape index (κ2) is 12.8. The van der Waals surface area contributed by atoms with E-state index in [1.165, 1.54) is 0 Å². The standard InChI is InChI=1S/C19H33N3O2/c1-4-20-19(21-11-8-12-24-15-16(2)3)22-13-18(14-23)17-9-6-5-7-10-17/h5-7,9-10,16,18,23H,4,8,11-15H2,1-3H3,(H2,20,21,22). The Balaban J connectivity index is 2.40. The van der Waals surface area contributed by atoms with Crippen LogP contribution in [0.25, 0.3) is 0 Å². The molecule has 0 aliphatic carbocycles. The van der Waals surface area contributed by atoms with Crippen LogP contribution in [0.15, 0.2) is 35.3 Å². The lowest BCUT2D eigenvalue weighted by molar-refractivity contribution is 0.108. The molecule has 5 nitrogen and oxygen atoms in total. The summed E-state index contributed by atoms with van der Waals surface area (Å²) in [5.41, 5.74) is 1.11. The predicted octanol–water partition coefficient (Wildman–Crippen LogP) is 2.38. The highest BCUT2D eigenvalue weighted by atomic mass is 16.5. The molecule has 1 atom stereocenters. The van der Waals surface area contributed by atoms with E-state index in [2.05, 4.69) is 29.5 Å². The number of guanidine groups is 1. The zero-order valence-corrected chi connectivity index (χ0v) is 15.3. The summed E-state index contributed by atoms with van der Waals surface area (Å²) in [5.74, 6) is 1.39. The van der Waals surface area contributed by atoms with Crippen LogP contribution in [-0.2, 0) is 4.74 Å². The molecule has 1 unspecified atom stereocenters. The number of nitrogens with zero attached hydrogens (tertiary/aromatic N) is 1. The van der Waals surface area contributed by atoms with Crippen LogP contribution in [-0.4, -0.2) is 50.5 Å². The molecule has 0 aromatic heterocycles. The summed E-state index contributed by atoms with van der Waals surface area (Å²) >= 11 is 0. The summed E-state index contributed by atoms with van der Waals surface area (Å²) in [6, 6.07) is 10.0. The molecule has 0 aliphatic heterocycles. The average molecular weight is 335 g/mol. The monoisotopic (exact) mass is 335 g/mol. The van der Waals surface area contributed by atoms with E-state index in [0.29, 0.717) is 12.5 Å². The minimum absolute atomic E-state index is 0.0241. The van der Waals surface area contributed by atoms with Crippen molar-refractivity contribution >= 4 is 5.96 Å². The van der Waals surface area contributed by atoms with Crippen molar-refractivity contribution in [1.82, 2.24) is 10.6 Å². The van der Waals surface area contributed by atoms with E-state index in [9.17, 15) is 5.11 Å². The van der Waals surface area contributed by atoms with E-state index in [0.717, 1.165) is 44.2 Å². The molecule has 0 heterocycles. The first-order valence-corrected chi connectivity index (χ1v) is 8.93. The molecule has 0 bridgehead atoms. The highest BCUT2D eigenvalue weighted by Crippen LogP contribution is 2.14. The number of rotatable bonds is 11. The molecular weight excluding hydrogens is 302 g/mol. The summed E-state index contributed by atoms with van der Waals surface area (Å²) in [5, 5.41) is 16.2. The number of aliphatic hydroxyl groups is 1. The minimum atomic E-state index is 0.0241. The SMILES string of the molecule is CCNC(=NCC(CO)c1ccccc1)NCCCOCC(C)C. The Bertz CT molecular complexity index is 449. The zero-order chi connectivity index (χ0) is 17.6. The highest BCUT2D eigenvalue weighted by molar-refractivity contribution is 5.79. The highest BCUT2D eigenvalue weighted by Gasteiger charge is 2.09. The molecule has 0 fully saturated rings. The molecule has 0 spiro atoms. The van der Waals surface area contributed by atoms with Gasteiger partial charge in [-0.2, -0.15) is 0 Å². The Kier molecular flexibility index (Phi) is 10.9. The first kappa shape index (κ1) is 20.5. The van der Waals surface area contributed by atoms with Crippen LogP contribution in [0, 0.1) is 5.92 Å². The number of ether oxygens (including phenoxy) is 1. The van der Waals surface area contributed by atoms with Crippen molar-refractivity contribution in [1.29, 1.82) is 0 Å². The Morgan fingerprint density at radius 1 is 1.21 bits per heavy atom. The van der Waals surface area contributed by atoms with Gasteiger partial charge in [0.25, 0.3) is 0 Å². The number of benzene rings is 1. The van der Waals surface area contributed by atoms with Gasteiger partial charge >= 0.3 is 0 Å². The summed E-state index contributed by atoms with van der Waals surface area (Å²) in [4.78, 5) is 4.60. The fourth-order valence-electron chi connectivity index (χ4n) is 2.24. The fourth-order valence-corrected chi connectivity index (χ4v) is 2.24. The van der Waals surface area contributed by atoms with Crippen molar-refractivity contribution in [3.8, 4) is 0 Å². The van der Waals surface area contributed by atoms with Crippen molar-refractivity contribution in [2.45, 2.75) is 33.1 Å². The molecule has 0 amide bonds. The van der Waals surface area contributed by atoms with Gasteiger partial charge < -0.3 is 20.5 Å². The number of nitrogens with one attached hydrogen (secondary N) is 2. The second-order valence-electron chi connectivity index (χ2n) is 6.26. The van der Waals surface area contributed by atoms with E-state index in [1.54, 1.807) is 0 Å². The summed E-state index contributed by atoms with van der Waals surface area (Å²) in [6.45, 7) is 10.2. The van der Waals surface area contributed by atoms with Crippen LogP contribution in [0.5, 0.6) is 0 Å². The van der Waals surface area contributed by atoms with Gasteiger partial charge in [0.2, 0.25) is 0 Å². The van der Waals surface area contributed by atoms with E-state index in [4.69, 9.17) is 4.74 Å². The average Bonchev–Trinajstić information content (AvgIpc) is 2.59. The fraction of sp³-hybridized carbons (Fsp3) is 0.632. The maximum atomic E-state index is 9.61. The molecular formula is C19H33N3O2. The van der Waals surface area contributed by atoms with Crippen molar-refractivity contribution < 1.29 is 9.84 Å². The molecule has 1 rings (SSSR count). The van der Waals surface area contributed by atoms with Crippen molar-refractivity contribution in [2.24, 2.45) is 10.9 Å². The molecule has 136 valence electrons. The Morgan fingerprint density at radius 3 is 2.58 bits per heavy atom. The molecule has 3 N–H and O–H groups in total. The third-order valence-corrected chi connectivity index (χ3v) is 3.51. The second-order valence-corrected chi connectivity index (χ2v) is 6.26. The van der Waals surface area contributed by atoms with Gasteiger partial charge in [0, 0.05) is 32.2 Å². The van der Waals surface area contributed by atoms with E-state index in [1.807, 2.05) is 37.3 Å². The van der Waals surface area contributed by atoms with Gasteiger partial charge in [-0.25, -0.2) is 0 Å². The molecule has 0 radical (unpaired) electrons. The van der Waals surface area contributed by atoms with E-state index < -0.39 is 0 Å². The molecule has 1 aromatic rings. The maximum Gasteiger partial charge on any atom is 0.191 e. The first-order chi connectivity index (χ1) is 11.7. The van der Waals surface area contributed by atoms with Gasteiger partial charge in [-0.15, -0.1) is 0 Å². The molecule has 1 aromatic carbocycles. The lowest BCUT2D eigenvalue weighted by atomic mass is 10.0. The van der Waals surface area contributed by atoms with Crippen molar-refractivity contribution in [3.05, 3.63) is 35.9 Å². The molecule has 0 aliphatic rings. The third-order valence-electron chi connectivity index (χ3n) is 3.51. The Morgan fingerprint density at radius 2 is 1.96 bits per heavy atom. The van der Waals surface area contributed by atoms with Crippen LogP contribution in [0.1, 0.15) is 38.7 Å². The van der Waals surface area contributed by atoms with Crippen LogP contribution >= 0.6 is 0 Å². The van der Waals surface area contributed by atoms with Gasteiger partial charge in [-0.05, 0) is 24.8 Å². The normalized spacial score (nSPS) is 13.1. The molecule has 0 saturated carbocycles. The Labute approximate surface area is 146 Å². The molecule has 0 saturated heterocycles. The van der Waals surface area contributed by atoms with E-state index in [-0.39, 0.29) is 12.5 Å². The first-order valence-electron chi connectivity index (χ1n) is 8.93. The zero-order valence-electron chi connectivity index (χ0n) is 15.3. The van der Waals surface area contributed by atoms with Crippen LogP contribution in [0.4, 0.5) is 0 Å². The van der Waals surface area contributed by atoms with Crippen LogP contribution < -0.4 is 10.6 Å². The number of hydrogen-bond acceptors (Lipinski definition) is 3.